The van der Waals surface area contributed by atoms with Gasteiger partial charge in [-0.25, -0.2) is 4.31 Å². The molecule has 202 valence electrons. The molecule has 8 nitrogen and oxygen atoms in total. The normalized spacial score (nSPS) is 15.3. The maximum absolute atomic E-state index is 13.8. The van der Waals surface area contributed by atoms with Crippen LogP contribution in [0.4, 0.5) is 5.69 Å². The van der Waals surface area contributed by atoms with Gasteiger partial charge in [-0.3, -0.25) is 9.59 Å². The van der Waals surface area contributed by atoms with Crippen molar-refractivity contribution in [3.8, 4) is 0 Å². The minimum Gasteiger partial charge on any atom is -0.352 e. The van der Waals surface area contributed by atoms with Crippen molar-refractivity contribution in [3.05, 3.63) is 64.1 Å². The number of halogens is 2. The van der Waals surface area contributed by atoms with Gasteiger partial charge in [-0.2, -0.15) is 12.7 Å². The lowest BCUT2D eigenvalue weighted by molar-refractivity contribution is -0.139. The largest absolute Gasteiger partial charge is 0.352 e. The highest BCUT2D eigenvalue weighted by atomic mass is 35.5. The van der Waals surface area contributed by atoms with E-state index in [0.717, 1.165) is 40.7 Å². The van der Waals surface area contributed by atoms with E-state index >= 15 is 0 Å². The van der Waals surface area contributed by atoms with Gasteiger partial charge in [0.1, 0.15) is 12.6 Å². The van der Waals surface area contributed by atoms with Gasteiger partial charge in [0, 0.05) is 42.3 Å². The minimum atomic E-state index is -4.01. The summed E-state index contributed by atoms with van der Waals surface area (Å²) in [4.78, 5) is 28.4. The summed E-state index contributed by atoms with van der Waals surface area (Å²) in [6.45, 7) is 1.07. The molecule has 1 aliphatic carbocycles. The molecule has 0 radical (unpaired) electrons. The second-order valence-corrected chi connectivity index (χ2v) is 12.3. The Morgan fingerprint density at radius 1 is 0.973 bits per heavy atom. The van der Waals surface area contributed by atoms with Gasteiger partial charge in [-0.05, 0) is 44.0 Å². The molecule has 1 atom stereocenters. The van der Waals surface area contributed by atoms with Crippen LogP contribution in [0.25, 0.3) is 0 Å². The molecule has 0 spiro atoms. The van der Waals surface area contributed by atoms with Crippen LogP contribution in [-0.2, 0) is 26.3 Å². The zero-order valence-electron chi connectivity index (χ0n) is 21.4. The maximum Gasteiger partial charge on any atom is 0.304 e. The number of amides is 2. The molecule has 2 amide bonds. The molecule has 2 aromatic rings. The molecule has 1 aliphatic rings. The van der Waals surface area contributed by atoms with E-state index in [1.54, 1.807) is 55.5 Å². The van der Waals surface area contributed by atoms with Gasteiger partial charge in [0.25, 0.3) is 0 Å². The first-order valence-electron chi connectivity index (χ1n) is 12.3. The Bertz CT molecular complexity index is 1170. The van der Waals surface area contributed by atoms with E-state index < -0.39 is 28.7 Å². The van der Waals surface area contributed by atoms with E-state index in [1.807, 2.05) is 0 Å². The minimum absolute atomic E-state index is 0.0543. The van der Waals surface area contributed by atoms with Crippen LogP contribution in [0.1, 0.15) is 44.6 Å². The lowest BCUT2D eigenvalue weighted by atomic mass is 9.95. The summed E-state index contributed by atoms with van der Waals surface area (Å²) in [5.41, 5.74) is 0.817. The number of hydrogen-bond acceptors (Lipinski definition) is 4. The second-order valence-electron chi connectivity index (χ2n) is 9.37. The predicted molar refractivity (Wildman–Crippen MR) is 148 cm³/mol. The third kappa shape index (κ3) is 7.37. The first kappa shape index (κ1) is 29.2. The third-order valence-electron chi connectivity index (χ3n) is 6.57. The number of rotatable bonds is 10. The standard InChI is InChI=1S/C26H34Cl2N4O4S/c1-19(26(34)29-20-11-6-4-7-12-20)31(17-22-23(27)15-10-16-24(22)28)25(33)18-32(37(35,36)30(2)3)21-13-8-5-9-14-21/h5,8-10,13-16,19-20H,4,6-7,11-12,17-18H2,1-3H3,(H,29,34)/t19-/m0/s1. The molecule has 0 heterocycles. The lowest BCUT2D eigenvalue weighted by Crippen LogP contribution is -2.53. The Morgan fingerprint density at radius 3 is 2.14 bits per heavy atom. The second kappa shape index (κ2) is 13.0. The van der Waals surface area contributed by atoms with Crippen molar-refractivity contribution >= 4 is 50.9 Å². The quantitative estimate of drug-likeness (QED) is 0.457. The summed E-state index contributed by atoms with van der Waals surface area (Å²) in [5, 5.41) is 3.77. The molecule has 0 bridgehead atoms. The Morgan fingerprint density at radius 2 is 1.57 bits per heavy atom. The smallest absolute Gasteiger partial charge is 0.304 e. The fourth-order valence-corrected chi connectivity index (χ4v) is 5.89. The van der Waals surface area contributed by atoms with Crippen molar-refractivity contribution in [1.29, 1.82) is 0 Å². The monoisotopic (exact) mass is 568 g/mol. The van der Waals surface area contributed by atoms with Gasteiger partial charge in [-0.15, -0.1) is 0 Å². The van der Waals surface area contributed by atoms with Gasteiger partial charge < -0.3 is 10.2 Å². The first-order valence-corrected chi connectivity index (χ1v) is 14.5. The molecule has 0 unspecified atom stereocenters. The number of carbonyl (C=O) groups excluding carboxylic acids is 2. The summed E-state index contributed by atoms with van der Waals surface area (Å²) in [6, 6.07) is 12.6. The number of nitrogens with one attached hydrogen (secondary N) is 1. The maximum atomic E-state index is 13.8. The van der Waals surface area contributed by atoms with Crippen molar-refractivity contribution in [2.24, 2.45) is 0 Å². The molecule has 37 heavy (non-hydrogen) atoms. The van der Waals surface area contributed by atoms with Crippen molar-refractivity contribution in [1.82, 2.24) is 14.5 Å². The number of hydrogen-bond donors (Lipinski definition) is 1. The number of anilines is 1. The van der Waals surface area contributed by atoms with E-state index in [1.165, 1.54) is 19.0 Å². The Kier molecular flexibility index (Phi) is 10.2. The van der Waals surface area contributed by atoms with Crippen molar-refractivity contribution in [2.45, 2.75) is 57.7 Å². The van der Waals surface area contributed by atoms with Gasteiger partial charge in [-0.1, -0.05) is 66.7 Å². The molecule has 0 aliphatic heterocycles. The van der Waals surface area contributed by atoms with Crippen LogP contribution in [0.15, 0.2) is 48.5 Å². The Labute approximate surface area is 229 Å². The van der Waals surface area contributed by atoms with Crippen LogP contribution in [0.2, 0.25) is 10.0 Å². The average molecular weight is 570 g/mol. The third-order valence-corrected chi connectivity index (χ3v) is 9.10. The molecule has 0 aromatic heterocycles. The van der Waals surface area contributed by atoms with Gasteiger partial charge in [0.05, 0.1) is 5.69 Å². The lowest BCUT2D eigenvalue weighted by Gasteiger charge is -2.34. The summed E-state index contributed by atoms with van der Waals surface area (Å²) in [5.74, 6) is -0.860. The summed E-state index contributed by atoms with van der Waals surface area (Å²) < 4.78 is 28.4. The highest BCUT2D eigenvalue weighted by Crippen LogP contribution is 2.27. The molecule has 11 heteroatoms. The highest BCUT2D eigenvalue weighted by molar-refractivity contribution is 7.90. The molecule has 2 aromatic carbocycles. The van der Waals surface area contributed by atoms with Gasteiger partial charge in [0.2, 0.25) is 11.8 Å². The number of para-hydroxylation sites is 1. The van der Waals surface area contributed by atoms with E-state index in [-0.39, 0.29) is 18.5 Å². The van der Waals surface area contributed by atoms with Crippen molar-refractivity contribution in [3.63, 3.8) is 0 Å². The van der Waals surface area contributed by atoms with Crippen molar-refractivity contribution < 1.29 is 18.0 Å². The Hall–Kier alpha value is -2.33. The zero-order chi connectivity index (χ0) is 27.2. The fourth-order valence-electron chi connectivity index (χ4n) is 4.32. The van der Waals surface area contributed by atoms with E-state index in [2.05, 4.69) is 5.32 Å². The van der Waals surface area contributed by atoms with E-state index in [0.29, 0.717) is 21.3 Å². The van der Waals surface area contributed by atoms with Gasteiger partial charge in [0.15, 0.2) is 0 Å². The fraction of sp³-hybridized carbons (Fsp3) is 0.462. The predicted octanol–water partition coefficient (Wildman–Crippen LogP) is 4.47. The van der Waals surface area contributed by atoms with Crippen LogP contribution in [0.5, 0.6) is 0 Å². The van der Waals surface area contributed by atoms with Crippen LogP contribution >= 0.6 is 23.2 Å². The molecule has 0 saturated heterocycles. The summed E-state index contributed by atoms with van der Waals surface area (Å²) in [7, 11) is -1.21. The van der Waals surface area contributed by atoms with E-state index in [9.17, 15) is 18.0 Å². The SMILES string of the molecule is C[C@@H](C(=O)NC1CCCCC1)N(Cc1c(Cl)cccc1Cl)C(=O)CN(c1ccccc1)S(=O)(=O)N(C)C. The number of carbonyl (C=O) groups is 2. The van der Waals surface area contributed by atoms with Crippen molar-refractivity contribution in [2.75, 3.05) is 24.9 Å². The molecule has 3 rings (SSSR count). The molecular weight excluding hydrogens is 535 g/mol. The first-order chi connectivity index (χ1) is 17.5. The van der Waals surface area contributed by atoms with Crippen LogP contribution < -0.4 is 9.62 Å². The van der Waals surface area contributed by atoms with Crippen LogP contribution in [-0.4, -0.2) is 62.2 Å². The number of nitrogens with zero attached hydrogens (tertiary/aromatic N) is 3. The number of benzene rings is 2. The topological polar surface area (TPSA) is 90.0 Å². The van der Waals surface area contributed by atoms with Gasteiger partial charge >= 0.3 is 10.2 Å². The van der Waals surface area contributed by atoms with E-state index in [4.69, 9.17) is 23.2 Å². The summed E-state index contributed by atoms with van der Waals surface area (Å²) >= 11 is 12.8. The molecular formula is C26H34Cl2N4O4S. The van der Waals surface area contributed by atoms with Crippen LogP contribution in [0, 0.1) is 0 Å². The van der Waals surface area contributed by atoms with Crippen LogP contribution in [0.3, 0.4) is 0 Å². The highest BCUT2D eigenvalue weighted by Gasteiger charge is 2.33. The Balaban J connectivity index is 1.94. The molecule has 1 saturated carbocycles. The zero-order valence-corrected chi connectivity index (χ0v) is 23.7. The summed E-state index contributed by atoms with van der Waals surface area (Å²) in [6.07, 6.45) is 5.03. The average Bonchev–Trinajstić information content (AvgIpc) is 2.87. The molecule has 1 N–H and O–H groups in total. The molecule has 1 fully saturated rings.